The van der Waals surface area contributed by atoms with E-state index in [1.54, 1.807) is 18.2 Å². The number of benzene rings is 3. The van der Waals surface area contributed by atoms with Crippen molar-refractivity contribution in [2.24, 2.45) is 0 Å². The van der Waals surface area contributed by atoms with Gasteiger partial charge in [0.25, 0.3) is 11.8 Å². The summed E-state index contributed by atoms with van der Waals surface area (Å²) in [5, 5.41) is 3.59. The molecule has 1 fully saturated rings. The molecule has 1 aliphatic heterocycles. The largest absolute Gasteiger partial charge is 0.342 e. The number of halogens is 1. The molecule has 0 bridgehead atoms. The first-order valence-corrected chi connectivity index (χ1v) is 11.5. The standard InChI is InChI=1S/C28H22ClN3O3/c1-17-6-5-7-19(12-17)15-31-16-20(22-8-3-4-9-25(22)31)13-23-26(33)30-28(35)32(27(23)34)21-11-10-18(2)24(29)14-21/h3-14,16H,15H2,1-2H3,(H,30,33,35)/b23-13-. The molecular weight excluding hydrogens is 462 g/mol. The second kappa shape index (κ2) is 8.89. The second-order valence-corrected chi connectivity index (χ2v) is 9.02. The molecular formula is C28H22ClN3O3. The predicted molar refractivity (Wildman–Crippen MR) is 137 cm³/mol. The van der Waals surface area contributed by atoms with Crippen molar-refractivity contribution in [3.05, 3.63) is 106 Å². The topological polar surface area (TPSA) is 71.4 Å². The van der Waals surface area contributed by atoms with Gasteiger partial charge in [-0.1, -0.05) is 65.7 Å². The predicted octanol–water partition coefficient (Wildman–Crippen LogP) is 5.63. The molecule has 6 nitrogen and oxygen atoms in total. The fourth-order valence-electron chi connectivity index (χ4n) is 4.30. The van der Waals surface area contributed by atoms with Crippen LogP contribution in [-0.2, 0) is 16.1 Å². The highest BCUT2D eigenvalue weighted by Gasteiger charge is 2.37. The summed E-state index contributed by atoms with van der Waals surface area (Å²) in [5.74, 6) is -1.43. The Bertz CT molecular complexity index is 1550. The Labute approximate surface area is 207 Å². The Morgan fingerprint density at radius 2 is 1.74 bits per heavy atom. The summed E-state index contributed by atoms with van der Waals surface area (Å²) in [6, 6.07) is 20.1. The second-order valence-electron chi connectivity index (χ2n) is 8.61. The Balaban J connectivity index is 1.57. The highest BCUT2D eigenvalue weighted by Crippen LogP contribution is 2.29. The van der Waals surface area contributed by atoms with Gasteiger partial charge in [0.1, 0.15) is 5.57 Å². The maximum atomic E-state index is 13.3. The Kier molecular flexibility index (Phi) is 5.75. The van der Waals surface area contributed by atoms with Crippen molar-refractivity contribution < 1.29 is 14.4 Å². The molecule has 1 saturated heterocycles. The number of amides is 4. The SMILES string of the molecule is Cc1cccc(Cn2cc(/C=C3/C(=O)NC(=O)N(c4ccc(C)c(Cl)c4)C3=O)c3ccccc32)c1. The zero-order chi connectivity index (χ0) is 24.7. The lowest BCUT2D eigenvalue weighted by atomic mass is 10.1. The van der Waals surface area contributed by atoms with Gasteiger partial charge in [-0.2, -0.15) is 0 Å². The van der Waals surface area contributed by atoms with Crippen LogP contribution in [0.2, 0.25) is 5.02 Å². The minimum Gasteiger partial charge on any atom is -0.342 e. The van der Waals surface area contributed by atoms with E-state index in [-0.39, 0.29) is 5.57 Å². The first kappa shape index (κ1) is 22.6. The van der Waals surface area contributed by atoms with Gasteiger partial charge in [-0.05, 0) is 49.2 Å². The molecule has 1 aliphatic rings. The molecule has 4 amide bonds. The number of hydrogen-bond donors (Lipinski definition) is 1. The zero-order valence-corrected chi connectivity index (χ0v) is 20.0. The molecule has 0 aliphatic carbocycles. The smallest absolute Gasteiger partial charge is 0.335 e. The number of nitrogens with one attached hydrogen (secondary N) is 1. The molecule has 5 rings (SSSR count). The lowest BCUT2D eigenvalue weighted by molar-refractivity contribution is -0.122. The van der Waals surface area contributed by atoms with E-state index >= 15 is 0 Å². The average molecular weight is 484 g/mol. The summed E-state index contributed by atoms with van der Waals surface area (Å²) < 4.78 is 2.09. The van der Waals surface area contributed by atoms with Crippen LogP contribution in [0.1, 0.15) is 22.3 Å². The molecule has 0 unspecified atom stereocenters. The number of barbiturate groups is 1. The molecule has 7 heteroatoms. The van der Waals surface area contributed by atoms with Crippen LogP contribution in [0.4, 0.5) is 10.5 Å². The zero-order valence-electron chi connectivity index (χ0n) is 19.2. The highest BCUT2D eigenvalue weighted by atomic mass is 35.5. The number of carbonyl (C=O) groups excluding carboxylic acids is 3. The molecule has 4 aromatic rings. The summed E-state index contributed by atoms with van der Waals surface area (Å²) in [6.45, 7) is 4.51. The molecule has 0 radical (unpaired) electrons. The fourth-order valence-corrected chi connectivity index (χ4v) is 4.47. The number of carbonyl (C=O) groups is 3. The number of imide groups is 2. The van der Waals surface area contributed by atoms with Gasteiger partial charge in [0.2, 0.25) is 0 Å². The van der Waals surface area contributed by atoms with Crippen molar-refractivity contribution in [3.8, 4) is 0 Å². The van der Waals surface area contributed by atoms with E-state index in [4.69, 9.17) is 11.6 Å². The number of rotatable bonds is 4. The van der Waals surface area contributed by atoms with E-state index in [9.17, 15) is 14.4 Å². The normalized spacial score (nSPS) is 15.2. The van der Waals surface area contributed by atoms with Crippen LogP contribution in [0.15, 0.2) is 78.5 Å². The van der Waals surface area contributed by atoms with Gasteiger partial charge in [-0.25, -0.2) is 9.69 Å². The van der Waals surface area contributed by atoms with E-state index in [1.165, 1.54) is 11.6 Å². The molecule has 174 valence electrons. The third kappa shape index (κ3) is 4.24. The number of fused-ring (bicyclic) bond motifs is 1. The number of nitrogens with zero attached hydrogens (tertiary/aromatic N) is 2. The number of aryl methyl sites for hydroxylation is 2. The molecule has 2 heterocycles. The van der Waals surface area contributed by atoms with Crippen LogP contribution in [-0.4, -0.2) is 22.4 Å². The first-order valence-electron chi connectivity index (χ1n) is 11.1. The van der Waals surface area contributed by atoms with Crippen LogP contribution in [0.5, 0.6) is 0 Å². The average Bonchev–Trinajstić information content (AvgIpc) is 3.16. The number of urea groups is 1. The molecule has 1 N–H and O–H groups in total. The lowest BCUT2D eigenvalue weighted by Gasteiger charge is -2.26. The van der Waals surface area contributed by atoms with Gasteiger partial charge in [-0.15, -0.1) is 0 Å². The van der Waals surface area contributed by atoms with Gasteiger partial charge in [0.15, 0.2) is 0 Å². The van der Waals surface area contributed by atoms with Crippen LogP contribution in [0, 0.1) is 13.8 Å². The minimum absolute atomic E-state index is 0.125. The van der Waals surface area contributed by atoms with Gasteiger partial charge >= 0.3 is 6.03 Å². The summed E-state index contributed by atoms with van der Waals surface area (Å²) in [7, 11) is 0. The van der Waals surface area contributed by atoms with Crippen molar-refractivity contribution in [2.45, 2.75) is 20.4 Å². The van der Waals surface area contributed by atoms with Crippen molar-refractivity contribution >= 4 is 52.1 Å². The van der Waals surface area contributed by atoms with E-state index in [0.29, 0.717) is 22.8 Å². The Morgan fingerprint density at radius 1 is 0.943 bits per heavy atom. The minimum atomic E-state index is -0.807. The van der Waals surface area contributed by atoms with Gasteiger partial charge in [0.05, 0.1) is 5.69 Å². The van der Waals surface area contributed by atoms with Gasteiger partial charge in [0, 0.05) is 34.2 Å². The maximum absolute atomic E-state index is 13.3. The molecule has 0 spiro atoms. The van der Waals surface area contributed by atoms with Gasteiger partial charge in [-0.3, -0.25) is 14.9 Å². The lowest BCUT2D eigenvalue weighted by Crippen LogP contribution is -2.54. The van der Waals surface area contributed by atoms with Crippen molar-refractivity contribution in [3.63, 3.8) is 0 Å². The Hall–Kier alpha value is -4.16. The maximum Gasteiger partial charge on any atom is 0.335 e. The van der Waals surface area contributed by atoms with E-state index < -0.39 is 17.8 Å². The number of hydrogen-bond acceptors (Lipinski definition) is 3. The molecule has 0 atom stereocenters. The third-order valence-corrected chi connectivity index (χ3v) is 6.48. The van der Waals surface area contributed by atoms with E-state index in [2.05, 4.69) is 35.0 Å². The summed E-state index contributed by atoms with van der Waals surface area (Å²) in [6.07, 6.45) is 3.46. The van der Waals surface area contributed by atoms with Crippen molar-refractivity contribution in [1.82, 2.24) is 9.88 Å². The third-order valence-electron chi connectivity index (χ3n) is 6.07. The van der Waals surface area contributed by atoms with Crippen LogP contribution < -0.4 is 10.2 Å². The quantitative estimate of drug-likeness (QED) is 0.302. The van der Waals surface area contributed by atoms with E-state index in [0.717, 1.165) is 26.9 Å². The van der Waals surface area contributed by atoms with Crippen LogP contribution in [0.3, 0.4) is 0 Å². The summed E-state index contributed by atoms with van der Waals surface area (Å²) >= 11 is 6.21. The number of anilines is 1. The molecule has 3 aromatic carbocycles. The Morgan fingerprint density at radius 3 is 2.51 bits per heavy atom. The monoisotopic (exact) mass is 483 g/mol. The number of aromatic nitrogens is 1. The van der Waals surface area contributed by atoms with Crippen LogP contribution >= 0.6 is 11.6 Å². The van der Waals surface area contributed by atoms with Crippen LogP contribution in [0.25, 0.3) is 17.0 Å². The molecule has 1 aromatic heterocycles. The first-order chi connectivity index (χ1) is 16.8. The number of para-hydroxylation sites is 1. The summed E-state index contributed by atoms with van der Waals surface area (Å²) in [4.78, 5) is 39.5. The summed E-state index contributed by atoms with van der Waals surface area (Å²) in [5.41, 5.74) is 4.98. The molecule has 35 heavy (non-hydrogen) atoms. The molecule has 0 saturated carbocycles. The van der Waals surface area contributed by atoms with Gasteiger partial charge < -0.3 is 4.57 Å². The fraction of sp³-hybridized carbons (Fsp3) is 0.107. The van der Waals surface area contributed by atoms with E-state index in [1.807, 2.05) is 43.5 Å². The van der Waals surface area contributed by atoms with Crippen molar-refractivity contribution in [1.29, 1.82) is 0 Å². The highest BCUT2D eigenvalue weighted by molar-refractivity contribution is 6.39. The van der Waals surface area contributed by atoms with Crippen molar-refractivity contribution in [2.75, 3.05) is 4.90 Å².